The number of rotatable bonds is 5. The second kappa shape index (κ2) is 5.43. The molecule has 104 valence electrons. The van der Waals surface area contributed by atoms with E-state index in [9.17, 15) is 5.11 Å². The summed E-state index contributed by atoms with van der Waals surface area (Å²) < 4.78 is 0. The Labute approximate surface area is 116 Å². The summed E-state index contributed by atoms with van der Waals surface area (Å²) in [5, 5.41) is 9.77. The van der Waals surface area contributed by atoms with E-state index < -0.39 is 0 Å². The Balaban J connectivity index is 1.80. The average Bonchev–Trinajstić information content (AvgIpc) is 2.52. The molecule has 0 aromatic rings. The van der Waals surface area contributed by atoms with Crippen LogP contribution in [0.4, 0.5) is 0 Å². The maximum Gasteiger partial charge on any atom is 0.0784 e. The summed E-state index contributed by atoms with van der Waals surface area (Å²) >= 11 is 5.11. The minimum absolute atomic E-state index is 0.0241. The van der Waals surface area contributed by atoms with Gasteiger partial charge in [0.25, 0.3) is 0 Å². The average molecular weight is 270 g/mol. The number of aliphatic hydroxyl groups excluding tert-OH is 1. The number of nitrogens with two attached hydrogens (primary N) is 1. The quantitative estimate of drug-likeness (QED) is 0.751. The Morgan fingerprint density at radius 1 is 1.33 bits per heavy atom. The summed E-state index contributed by atoms with van der Waals surface area (Å²) in [4.78, 5) is 3.24. The van der Waals surface area contributed by atoms with Crippen molar-refractivity contribution in [1.29, 1.82) is 0 Å². The van der Waals surface area contributed by atoms with Crippen molar-refractivity contribution in [3.8, 4) is 0 Å². The van der Waals surface area contributed by atoms with Crippen LogP contribution >= 0.6 is 12.2 Å². The van der Waals surface area contributed by atoms with Crippen LogP contribution in [0.25, 0.3) is 0 Å². The highest BCUT2D eigenvalue weighted by Crippen LogP contribution is 2.36. The third kappa shape index (κ3) is 3.03. The zero-order valence-electron chi connectivity index (χ0n) is 11.6. The molecule has 0 aromatic heterocycles. The summed E-state index contributed by atoms with van der Waals surface area (Å²) in [6, 6.07) is 1.23. The molecule has 3 nitrogen and oxygen atoms in total. The smallest absolute Gasteiger partial charge is 0.0784 e. The molecule has 0 radical (unpaired) electrons. The molecular weight excluding hydrogens is 244 g/mol. The molecule has 2 bridgehead atoms. The summed E-state index contributed by atoms with van der Waals surface area (Å²) in [5.41, 5.74) is 5.74. The highest BCUT2D eigenvalue weighted by molar-refractivity contribution is 7.80. The van der Waals surface area contributed by atoms with Gasteiger partial charge in [0, 0.05) is 17.5 Å². The molecule has 0 spiro atoms. The predicted molar refractivity (Wildman–Crippen MR) is 78.6 cm³/mol. The molecule has 18 heavy (non-hydrogen) atoms. The molecule has 0 aromatic carbocycles. The van der Waals surface area contributed by atoms with E-state index >= 15 is 0 Å². The lowest BCUT2D eigenvalue weighted by molar-refractivity contribution is 0.0339. The van der Waals surface area contributed by atoms with E-state index in [2.05, 4.69) is 18.7 Å². The third-order valence-electron chi connectivity index (χ3n) is 4.74. The lowest BCUT2D eigenvalue weighted by Crippen LogP contribution is -2.45. The molecule has 2 heterocycles. The van der Waals surface area contributed by atoms with Gasteiger partial charge in [0.2, 0.25) is 0 Å². The number of hydrogen-bond acceptors (Lipinski definition) is 3. The number of hydrogen-bond donors (Lipinski definition) is 2. The van der Waals surface area contributed by atoms with Crippen LogP contribution in [0.15, 0.2) is 0 Å². The van der Waals surface area contributed by atoms with Crippen molar-refractivity contribution in [3.05, 3.63) is 0 Å². The van der Waals surface area contributed by atoms with Gasteiger partial charge in [-0.15, -0.1) is 0 Å². The van der Waals surface area contributed by atoms with E-state index in [4.69, 9.17) is 18.0 Å². The molecule has 2 saturated heterocycles. The van der Waals surface area contributed by atoms with Gasteiger partial charge in [-0.3, -0.25) is 4.90 Å². The highest BCUT2D eigenvalue weighted by Gasteiger charge is 2.39. The van der Waals surface area contributed by atoms with Crippen molar-refractivity contribution in [3.63, 3.8) is 0 Å². The highest BCUT2D eigenvalue weighted by atomic mass is 32.1. The van der Waals surface area contributed by atoms with E-state index in [0.29, 0.717) is 17.1 Å². The van der Waals surface area contributed by atoms with Crippen LogP contribution in [-0.4, -0.2) is 39.7 Å². The molecule has 2 aliphatic rings. The zero-order chi connectivity index (χ0) is 13.3. The van der Waals surface area contributed by atoms with Crippen molar-refractivity contribution in [2.45, 2.75) is 70.6 Å². The van der Waals surface area contributed by atoms with Gasteiger partial charge in [-0.1, -0.05) is 26.1 Å². The summed E-state index contributed by atoms with van der Waals surface area (Å²) in [5.74, 6) is 0. The van der Waals surface area contributed by atoms with Crippen LogP contribution in [0.3, 0.4) is 0 Å². The molecule has 3 N–H and O–H groups in total. The normalized spacial score (nSPS) is 32.7. The Bertz CT molecular complexity index is 305. The largest absolute Gasteiger partial charge is 0.393 e. The lowest BCUT2D eigenvalue weighted by atomic mass is 9.87. The van der Waals surface area contributed by atoms with Crippen molar-refractivity contribution in [1.82, 2.24) is 4.90 Å². The van der Waals surface area contributed by atoms with Crippen LogP contribution in [0.2, 0.25) is 0 Å². The fraction of sp³-hybridized carbons (Fsp3) is 0.929. The van der Waals surface area contributed by atoms with Crippen molar-refractivity contribution in [2.24, 2.45) is 11.1 Å². The number of thiocarbonyl (C=S) groups is 1. The van der Waals surface area contributed by atoms with E-state index in [1.54, 1.807) is 0 Å². The molecule has 0 aliphatic carbocycles. The zero-order valence-corrected chi connectivity index (χ0v) is 12.4. The Morgan fingerprint density at radius 2 is 1.89 bits per heavy atom. The Morgan fingerprint density at radius 3 is 2.39 bits per heavy atom. The van der Waals surface area contributed by atoms with E-state index in [-0.39, 0.29) is 11.5 Å². The van der Waals surface area contributed by atoms with Crippen molar-refractivity contribution < 1.29 is 5.11 Å². The van der Waals surface area contributed by atoms with Crippen molar-refractivity contribution in [2.75, 3.05) is 6.54 Å². The van der Waals surface area contributed by atoms with Crippen LogP contribution in [0.5, 0.6) is 0 Å². The van der Waals surface area contributed by atoms with Crippen LogP contribution in [-0.2, 0) is 0 Å². The first-order valence-electron chi connectivity index (χ1n) is 7.14. The molecule has 2 rings (SSSR count). The first-order valence-corrected chi connectivity index (χ1v) is 7.54. The molecule has 2 aliphatic heterocycles. The van der Waals surface area contributed by atoms with Gasteiger partial charge in [-0.25, -0.2) is 0 Å². The fourth-order valence-electron chi connectivity index (χ4n) is 3.44. The molecule has 0 amide bonds. The number of nitrogens with zero attached hydrogens (tertiary/aromatic N) is 1. The second-order valence-corrected chi connectivity index (χ2v) is 7.04. The standard InChI is InChI=1S/C14H26N2OS/c1-14(2,13(15)18)6-3-7-16-10-4-5-11(16)9-12(17)8-10/h10-12,17H,3-9H2,1-2H3,(H2,15,18). The van der Waals surface area contributed by atoms with Gasteiger partial charge in [0.05, 0.1) is 11.1 Å². The third-order valence-corrected chi connectivity index (χ3v) is 5.30. The number of aliphatic hydroxyl groups is 1. The molecule has 2 unspecified atom stereocenters. The summed E-state index contributed by atoms with van der Waals surface area (Å²) in [6.45, 7) is 5.39. The minimum atomic E-state index is -0.0631. The molecule has 2 atom stereocenters. The second-order valence-electron chi connectivity index (χ2n) is 6.60. The summed E-state index contributed by atoms with van der Waals surface area (Å²) in [6.07, 6.45) is 6.60. The fourth-order valence-corrected chi connectivity index (χ4v) is 3.54. The maximum atomic E-state index is 9.77. The molecule has 2 fully saturated rings. The predicted octanol–water partition coefficient (Wildman–Crippen LogP) is 2.07. The first-order chi connectivity index (χ1) is 8.40. The lowest BCUT2D eigenvalue weighted by Gasteiger charge is -2.37. The molecule has 0 saturated carbocycles. The van der Waals surface area contributed by atoms with Gasteiger partial charge < -0.3 is 10.8 Å². The molecule has 4 heteroatoms. The molecular formula is C14H26N2OS. The monoisotopic (exact) mass is 270 g/mol. The van der Waals surface area contributed by atoms with E-state index in [1.165, 1.54) is 12.8 Å². The van der Waals surface area contributed by atoms with Gasteiger partial charge in [0.15, 0.2) is 0 Å². The Hall–Kier alpha value is -0.190. The van der Waals surface area contributed by atoms with Gasteiger partial charge >= 0.3 is 0 Å². The van der Waals surface area contributed by atoms with Crippen LogP contribution < -0.4 is 5.73 Å². The van der Waals surface area contributed by atoms with Crippen LogP contribution in [0, 0.1) is 5.41 Å². The number of piperidine rings is 1. The van der Waals surface area contributed by atoms with Gasteiger partial charge in [-0.05, 0) is 45.1 Å². The SMILES string of the molecule is CC(C)(CCCN1C2CCC1CC(O)C2)C(N)=S. The van der Waals surface area contributed by atoms with Gasteiger partial charge in [0.1, 0.15) is 0 Å². The van der Waals surface area contributed by atoms with Crippen molar-refractivity contribution >= 4 is 17.2 Å². The Kier molecular flexibility index (Phi) is 4.29. The van der Waals surface area contributed by atoms with Gasteiger partial charge in [-0.2, -0.15) is 0 Å². The maximum absolute atomic E-state index is 9.77. The van der Waals surface area contributed by atoms with Crippen LogP contribution in [0.1, 0.15) is 52.4 Å². The summed E-state index contributed by atoms with van der Waals surface area (Å²) in [7, 11) is 0. The first kappa shape index (κ1) is 14.2. The minimum Gasteiger partial charge on any atom is -0.393 e. The topological polar surface area (TPSA) is 49.5 Å². The van der Waals surface area contributed by atoms with E-state index in [1.807, 2.05) is 0 Å². The van der Waals surface area contributed by atoms with E-state index in [0.717, 1.165) is 32.2 Å². The number of fused-ring (bicyclic) bond motifs is 2.